The van der Waals surface area contributed by atoms with Gasteiger partial charge in [-0.2, -0.15) is 39.5 Å². The summed E-state index contributed by atoms with van der Waals surface area (Å²) in [6.45, 7) is 4.10. The molecule has 3 rings (SSSR count). The molecule has 0 saturated heterocycles. The number of nitrogens with zero attached hydrogens (tertiary/aromatic N) is 1. The average Bonchev–Trinajstić information content (AvgIpc) is 2.99. The third-order valence-electron chi connectivity index (χ3n) is 7.72. The summed E-state index contributed by atoms with van der Waals surface area (Å²) in [7, 11) is 1.29. The van der Waals surface area contributed by atoms with E-state index in [0.717, 1.165) is 12.1 Å². The van der Waals surface area contributed by atoms with E-state index in [-0.39, 0.29) is 65.3 Å². The SMILES string of the molecule is COc1cc(Cl)c(OCCCC(=O)O)cc1-c1ccc(C(F)(F)F)cc1CN(C(C)C)[C@@H](C)[C@H](O)c1cc(C(F)(F)F)cc(C(F)(F)F)c1. The third kappa shape index (κ3) is 10.2. The van der Waals surface area contributed by atoms with Crippen LogP contribution in [0, 0.1) is 0 Å². The fourth-order valence-corrected chi connectivity index (χ4v) is 5.41. The average molecular weight is 730 g/mol. The number of hydrogen-bond donors (Lipinski definition) is 2. The van der Waals surface area contributed by atoms with E-state index in [1.54, 1.807) is 13.8 Å². The molecule has 0 amide bonds. The van der Waals surface area contributed by atoms with E-state index < -0.39 is 64.9 Å². The summed E-state index contributed by atoms with van der Waals surface area (Å²) in [5.41, 5.74) is -4.58. The van der Waals surface area contributed by atoms with Crippen molar-refractivity contribution in [2.75, 3.05) is 13.7 Å². The number of methoxy groups -OCH3 is 1. The summed E-state index contributed by atoms with van der Waals surface area (Å²) in [6.07, 6.45) is -17.1. The van der Waals surface area contributed by atoms with Crippen LogP contribution in [0.3, 0.4) is 0 Å². The number of rotatable bonds is 13. The van der Waals surface area contributed by atoms with Gasteiger partial charge in [0.15, 0.2) is 0 Å². The lowest BCUT2D eigenvalue weighted by Crippen LogP contribution is -2.42. The highest BCUT2D eigenvalue weighted by molar-refractivity contribution is 6.32. The van der Waals surface area contributed by atoms with Gasteiger partial charge in [0.05, 0.1) is 41.5 Å². The Kier molecular flexibility index (Phi) is 12.5. The van der Waals surface area contributed by atoms with Crippen LogP contribution in [0.2, 0.25) is 5.02 Å². The second-order valence-electron chi connectivity index (χ2n) is 11.5. The first-order valence-electron chi connectivity index (χ1n) is 14.7. The first kappa shape index (κ1) is 39.7. The molecule has 0 aromatic heterocycles. The number of carboxylic acids is 1. The highest BCUT2D eigenvalue weighted by Crippen LogP contribution is 2.43. The molecule has 0 spiro atoms. The van der Waals surface area contributed by atoms with Gasteiger partial charge in [-0.25, -0.2) is 0 Å². The number of hydrogen-bond acceptors (Lipinski definition) is 5. The molecular formula is C33H33ClF9NO5. The Morgan fingerprint density at radius 3 is 1.88 bits per heavy atom. The fourth-order valence-electron chi connectivity index (χ4n) is 5.20. The molecule has 16 heteroatoms. The summed E-state index contributed by atoms with van der Waals surface area (Å²) >= 11 is 6.33. The third-order valence-corrected chi connectivity index (χ3v) is 8.01. The number of halogens is 10. The maximum Gasteiger partial charge on any atom is 0.416 e. The van der Waals surface area contributed by atoms with Gasteiger partial charge in [0, 0.05) is 36.7 Å². The Balaban J connectivity index is 2.14. The van der Waals surface area contributed by atoms with Gasteiger partial charge < -0.3 is 19.7 Å². The van der Waals surface area contributed by atoms with Gasteiger partial charge in [-0.05, 0) is 80.3 Å². The van der Waals surface area contributed by atoms with Gasteiger partial charge in [0.1, 0.15) is 11.5 Å². The molecule has 0 aliphatic rings. The molecule has 270 valence electrons. The van der Waals surface area contributed by atoms with Gasteiger partial charge >= 0.3 is 24.5 Å². The van der Waals surface area contributed by atoms with Crippen LogP contribution in [0.25, 0.3) is 11.1 Å². The molecule has 3 aromatic carbocycles. The van der Waals surface area contributed by atoms with E-state index in [2.05, 4.69) is 0 Å². The number of alkyl halides is 9. The Morgan fingerprint density at radius 1 is 0.816 bits per heavy atom. The molecule has 0 heterocycles. The van der Waals surface area contributed by atoms with Crippen molar-refractivity contribution in [1.29, 1.82) is 0 Å². The number of carboxylic acid groups (broad SMARTS) is 1. The molecule has 0 aliphatic heterocycles. The lowest BCUT2D eigenvalue weighted by molar-refractivity contribution is -0.143. The minimum atomic E-state index is -5.17. The summed E-state index contributed by atoms with van der Waals surface area (Å²) in [5.74, 6) is -0.859. The molecule has 6 nitrogen and oxygen atoms in total. The lowest BCUT2D eigenvalue weighted by atomic mass is 9.93. The van der Waals surface area contributed by atoms with E-state index in [1.165, 1.54) is 37.1 Å². The number of aliphatic carboxylic acids is 1. The van der Waals surface area contributed by atoms with Gasteiger partial charge in [-0.15, -0.1) is 0 Å². The molecule has 0 radical (unpaired) electrons. The summed E-state index contributed by atoms with van der Waals surface area (Å²) in [5, 5.41) is 20.1. The van der Waals surface area contributed by atoms with Crippen LogP contribution in [-0.4, -0.2) is 46.9 Å². The van der Waals surface area contributed by atoms with Crippen molar-refractivity contribution in [3.8, 4) is 22.6 Å². The highest BCUT2D eigenvalue weighted by Gasteiger charge is 2.39. The number of ether oxygens (including phenoxy) is 2. The van der Waals surface area contributed by atoms with E-state index >= 15 is 0 Å². The monoisotopic (exact) mass is 729 g/mol. The Hall–Kier alpha value is -3.69. The van der Waals surface area contributed by atoms with Crippen molar-refractivity contribution >= 4 is 17.6 Å². The van der Waals surface area contributed by atoms with Crippen molar-refractivity contribution in [2.24, 2.45) is 0 Å². The largest absolute Gasteiger partial charge is 0.496 e. The quantitative estimate of drug-likeness (QED) is 0.135. The van der Waals surface area contributed by atoms with Crippen LogP contribution in [0.4, 0.5) is 39.5 Å². The summed E-state index contributed by atoms with van der Waals surface area (Å²) in [4.78, 5) is 12.3. The van der Waals surface area contributed by atoms with Gasteiger partial charge in [0.2, 0.25) is 0 Å². The van der Waals surface area contributed by atoms with Crippen molar-refractivity contribution in [2.45, 2.75) is 76.9 Å². The first-order chi connectivity index (χ1) is 22.5. The smallest absolute Gasteiger partial charge is 0.416 e. The minimum absolute atomic E-state index is 0.0139. The topological polar surface area (TPSA) is 79.2 Å². The van der Waals surface area contributed by atoms with Crippen molar-refractivity contribution in [3.63, 3.8) is 0 Å². The summed E-state index contributed by atoms with van der Waals surface area (Å²) < 4.78 is 134. The maximum atomic E-state index is 13.9. The van der Waals surface area contributed by atoms with Crippen LogP contribution >= 0.6 is 11.6 Å². The predicted molar refractivity (Wildman–Crippen MR) is 162 cm³/mol. The molecule has 2 N–H and O–H groups in total. The molecule has 0 unspecified atom stereocenters. The van der Waals surface area contributed by atoms with E-state index in [4.69, 9.17) is 26.2 Å². The minimum Gasteiger partial charge on any atom is -0.496 e. The van der Waals surface area contributed by atoms with Crippen LogP contribution in [0.15, 0.2) is 48.5 Å². The molecular weight excluding hydrogens is 697 g/mol. The van der Waals surface area contributed by atoms with Gasteiger partial charge in [0.25, 0.3) is 0 Å². The zero-order valence-electron chi connectivity index (χ0n) is 26.5. The Bertz CT molecular complexity index is 1590. The molecule has 2 atom stereocenters. The van der Waals surface area contributed by atoms with Crippen molar-refractivity contribution in [3.05, 3.63) is 81.4 Å². The normalized spacial score (nSPS) is 13.9. The van der Waals surface area contributed by atoms with Crippen LogP contribution in [0.1, 0.15) is 67.5 Å². The highest BCUT2D eigenvalue weighted by atomic mass is 35.5. The van der Waals surface area contributed by atoms with Crippen LogP contribution in [0.5, 0.6) is 11.5 Å². The second kappa shape index (κ2) is 15.5. The van der Waals surface area contributed by atoms with E-state index in [0.29, 0.717) is 12.1 Å². The fraction of sp³-hybridized carbons (Fsp3) is 0.424. The number of carbonyl (C=O) groups is 1. The predicted octanol–water partition coefficient (Wildman–Crippen LogP) is 9.65. The van der Waals surface area contributed by atoms with Gasteiger partial charge in [-0.3, -0.25) is 9.69 Å². The second-order valence-corrected chi connectivity index (χ2v) is 11.9. The Labute approximate surface area is 281 Å². The molecule has 0 fully saturated rings. The number of benzene rings is 3. The van der Waals surface area contributed by atoms with Crippen LogP contribution < -0.4 is 9.47 Å². The van der Waals surface area contributed by atoms with Gasteiger partial charge in [-0.1, -0.05) is 17.7 Å². The van der Waals surface area contributed by atoms with E-state index in [1.807, 2.05) is 0 Å². The van der Waals surface area contributed by atoms with Crippen molar-refractivity contribution < 1.29 is 64.0 Å². The zero-order chi connectivity index (χ0) is 37.1. The molecule has 0 saturated carbocycles. The number of aliphatic hydroxyl groups excluding tert-OH is 1. The molecule has 0 aliphatic carbocycles. The molecule has 3 aromatic rings. The lowest BCUT2D eigenvalue weighted by Gasteiger charge is -2.36. The number of aliphatic hydroxyl groups is 1. The first-order valence-corrected chi connectivity index (χ1v) is 15.1. The van der Waals surface area contributed by atoms with E-state index in [9.17, 15) is 49.4 Å². The maximum absolute atomic E-state index is 13.9. The summed E-state index contributed by atoms with van der Waals surface area (Å²) in [6, 6.07) is 4.50. The standard InChI is InChI=1S/C33H33ClF9NO5/c1-17(2)44(18(3)30(47)19-10-22(32(38,39)40)13-23(11-19)33(41,42)43)16-20-12-21(31(35,36)37)7-8-24(20)25-14-28(26(34)15-27(25)48-4)49-9-5-6-29(45)46/h7-8,10-15,17-18,30,47H,5-6,9,16H2,1-4H3,(H,45,46)/t18-,30-/m0/s1. The molecule has 0 bridgehead atoms. The Morgan fingerprint density at radius 2 is 1.39 bits per heavy atom. The van der Waals surface area contributed by atoms with Crippen LogP contribution in [-0.2, 0) is 29.9 Å². The van der Waals surface area contributed by atoms with Crippen molar-refractivity contribution in [1.82, 2.24) is 4.90 Å². The zero-order valence-corrected chi connectivity index (χ0v) is 27.3. The molecule has 49 heavy (non-hydrogen) atoms.